The molecule has 0 spiro atoms. The molecule has 1 N–H and O–H groups in total. The van der Waals surface area contributed by atoms with Gasteiger partial charge in [-0.2, -0.15) is 0 Å². The van der Waals surface area contributed by atoms with Crippen molar-refractivity contribution in [2.24, 2.45) is 0 Å². The molecule has 1 unspecified atom stereocenters. The van der Waals surface area contributed by atoms with Gasteiger partial charge in [0, 0.05) is 12.2 Å². The first-order chi connectivity index (χ1) is 7.75. The first-order valence-electron chi connectivity index (χ1n) is 5.20. The summed E-state index contributed by atoms with van der Waals surface area (Å²) in [6.45, 7) is 1.56. The lowest BCUT2D eigenvalue weighted by Gasteiger charge is -2.40. The lowest BCUT2D eigenvalue weighted by atomic mass is 10.1. The van der Waals surface area contributed by atoms with Crippen LogP contribution in [-0.4, -0.2) is 36.7 Å². The first-order valence-corrected chi connectivity index (χ1v) is 5.20. The van der Waals surface area contributed by atoms with Gasteiger partial charge in [-0.15, -0.1) is 0 Å². The molecule has 1 saturated heterocycles. The van der Waals surface area contributed by atoms with Crippen LogP contribution in [0.25, 0.3) is 0 Å². The number of nitrogens with one attached hydrogen (secondary N) is 1. The molecule has 2 aliphatic rings. The van der Waals surface area contributed by atoms with Crippen LogP contribution in [0.3, 0.4) is 0 Å². The third-order valence-corrected chi connectivity index (χ3v) is 2.92. The van der Waals surface area contributed by atoms with Gasteiger partial charge in [-0.1, -0.05) is 0 Å². The maximum atomic E-state index is 13.1. The molecule has 2 aliphatic heterocycles. The molecular formula is C11H11FN2O2. The molecule has 0 radical (unpaired) electrons. The second kappa shape index (κ2) is 3.45. The van der Waals surface area contributed by atoms with Crippen LogP contribution in [0.5, 0.6) is 0 Å². The fraction of sp³-hybridized carbons (Fsp3) is 0.364. The lowest BCUT2D eigenvalue weighted by Crippen LogP contribution is -2.55. The van der Waals surface area contributed by atoms with Crippen LogP contribution in [0.4, 0.5) is 10.1 Å². The summed E-state index contributed by atoms with van der Waals surface area (Å²) in [6.07, 6.45) is -0.126. The van der Waals surface area contributed by atoms with Crippen LogP contribution < -0.4 is 5.32 Å². The summed E-state index contributed by atoms with van der Waals surface area (Å²) in [7, 11) is 0. The second-order valence-electron chi connectivity index (χ2n) is 3.92. The highest BCUT2D eigenvalue weighted by Gasteiger charge is 2.34. The number of rotatable bonds is 0. The predicted octanol–water partition coefficient (Wildman–Crippen LogP) is 1.05. The summed E-state index contributed by atoms with van der Waals surface area (Å²) in [5.74, 6) is -0.512. The number of carbonyl (C=O) groups is 1. The van der Waals surface area contributed by atoms with E-state index >= 15 is 0 Å². The van der Waals surface area contributed by atoms with E-state index < -0.39 is 0 Å². The monoisotopic (exact) mass is 222 g/mol. The van der Waals surface area contributed by atoms with Gasteiger partial charge >= 0.3 is 0 Å². The molecule has 5 heteroatoms. The highest BCUT2D eigenvalue weighted by atomic mass is 19.1. The Kier molecular flexibility index (Phi) is 2.07. The Morgan fingerprint density at radius 1 is 1.50 bits per heavy atom. The molecule has 0 aliphatic carbocycles. The summed E-state index contributed by atoms with van der Waals surface area (Å²) < 4.78 is 18.4. The Labute approximate surface area is 92.0 Å². The molecule has 1 atom stereocenters. The zero-order valence-corrected chi connectivity index (χ0v) is 8.57. The molecule has 1 aromatic rings. The smallest absolute Gasteiger partial charge is 0.257 e. The first kappa shape index (κ1) is 9.59. The van der Waals surface area contributed by atoms with E-state index in [0.717, 1.165) is 0 Å². The van der Waals surface area contributed by atoms with Crippen molar-refractivity contribution in [1.29, 1.82) is 0 Å². The molecule has 0 bridgehead atoms. The SMILES string of the molecule is O=C1c2cc(F)ccc2NC2COCCN12. The number of hydrogen-bond acceptors (Lipinski definition) is 3. The van der Waals surface area contributed by atoms with E-state index in [-0.39, 0.29) is 17.9 Å². The number of benzene rings is 1. The molecule has 4 nitrogen and oxygen atoms in total. The van der Waals surface area contributed by atoms with Crippen LogP contribution in [-0.2, 0) is 4.74 Å². The van der Waals surface area contributed by atoms with Crippen molar-refractivity contribution in [1.82, 2.24) is 4.90 Å². The molecular weight excluding hydrogens is 211 g/mol. The van der Waals surface area contributed by atoms with Crippen molar-refractivity contribution in [3.63, 3.8) is 0 Å². The van der Waals surface area contributed by atoms with Gasteiger partial charge in [-0.3, -0.25) is 4.79 Å². The molecule has 0 saturated carbocycles. The molecule has 0 aromatic heterocycles. The normalized spacial score (nSPS) is 23.4. The summed E-state index contributed by atoms with van der Waals surface area (Å²) >= 11 is 0. The minimum absolute atomic E-state index is 0.124. The van der Waals surface area contributed by atoms with Crippen molar-refractivity contribution < 1.29 is 13.9 Å². The Balaban J connectivity index is 2.03. The predicted molar refractivity (Wildman–Crippen MR) is 55.7 cm³/mol. The van der Waals surface area contributed by atoms with Gasteiger partial charge in [-0.05, 0) is 18.2 Å². The standard InChI is InChI=1S/C11H11FN2O2/c12-7-1-2-9-8(5-7)11(15)14-3-4-16-6-10(14)13-9/h1-2,5,10,13H,3-4,6H2. The van der Waals surface area contributed by atoms with E-state index in [0.29, 0.717) is 31.0 Å². The Morgan fingerprint density at radius 2 is 2.38 bits per heavy atom. The average Bonchev–Trinajstić information content (AvgIpc) is 2.31. The van der Waals surface area contributed by atoms with Crippen LogP contribution in [0, 0.1) is 5.82 Å². The lowest BCUT2D eigenvalue weighted by molar-refractivity contribution is 0.00403. The molecule has 1 aromatic carbocycles. The highest BCUT2D eigenvalue weighted by Crippen LogP contribution is 2.27. The van der Waals surface area contributed by atoms with E-state index in [1.54, 1.807) is 11.0 Å². The quantitative estimate of drug-likeness (QED) is 0.713. The molecule has 1 fully saturated rings. The van der Waals surface area contributed by atoms with Crippen LogP contribution in [0.15, 0.2) is 18.2 Å². The Morgan fingerprint density at radius 3 is 3.25 bits per heavy atom. The van der Waals surface area contributed by atoms with E-state index in [4.69, 9.17) is 4.74 Å². The summed E-state index contributed by atoms with van der Waals surface area (Å²) in [4.78, 5) is 13.8. The number of nitrogens with zero attached hydrogens (tertiary/aromatic N) is 1. The van der Waals surface area contributed by atoms with Gasteiger partial charge < -0.3 is 15.0 Å². The molecule has 84 valence electrons. The van der Waals surface area contributed by atoms with Gasteiger partial charge in [-0.25, -0.2) is 4.39 Å². The maximum Gasteiger partial charge on any atom is 0.257 e. The van der Waals surface area contributed by atoms with E-state index in [1.807, 2.05) is 0 Å². The van der Waals surface area contributed by atoms with E-state index in [2.05, 4.69) is 5.32 Å². The van der Waals surface area contributed by atoms with E-state index in [9.17, 15) is 9.18 Å². The summed E-state index contributed by atoms with van der Waals surface area (Å²) in [5, 5.41) is 3.17. The topological polar surface area (TPSA) is 41.6 Å². The van der Waals surface area contributed by atoms with Gasteiger partial charge in [0.05, 0.1) is 18.8 Å². The highest BCUT2D eigenvalue weighted by molar-refractivity contribution is 6.01. The van der Waals surface area contributed by atoms with Crippen LogP contribution in [0.1, 0.15) is 10.4 Å². The van der Waals surface area contributed by atoms with Gasteiger partial charge in [0.15, 0.2) is 0 Å². The van der Waals surface area contributed by atoms with Crippen LogP contribution >= 0.6 is 0 Å². The fourth-order valence-corrected chi connectivity index (χ4v) is 2.12. The number of halogens is 1. The molecule has 2 heterocycles. The third kappa shape index (κ3) is 1.36. The summed E-state index contributed by atoms with van der Waals surface area (Å²) in [6, 6.07) is 4.21. The Bertz CT molecular complexity index is 450. The Hall–Kier alpha value is -1.62. The van der Waals surface area contributed by atoms with Gasteiger partial charge in [0.1, 0.15) is 12.0 Å². The number of amides is 1. The molecule has 1 amide bonds. The van der Waals surface area contributed by atoms with E-state index in [1.165, 1.54) is 12.1 Å². The minimum atomic E-state index is -0.388. The van der Waals surface area contributed by atoms with Gasteiger partial charge in [0.25, 0.3) is 5.91 Å². The number of anilines is 1. The van der Waals surface area contributed by atoms with Crippen LogP contribution in [0.2, 0.25) is 0 Å². The summed E-state index contributed by atoms with van der Waals surface area (Å²) in [5.41, 5.74) is 1.08. The fourth-order valence-electron chi connectivity index (χ4n) is 2.12. The number of hydrogen-bond donors (Lipinski definition) is 1. The average molecular weight is 222 g/mol. The minimum Gasteiger partial charge on any atom is -0.376 e. The second-order valence-corrected chi connectivity index (χ2v) is 3.92. The van der Waals surface area contributed by atoms with Gasteiger partial charge in [0.2, 0.25) is 0 Å². The van der Waals surface area contributed by atoms with Crippen molar-refractivity contribution in [2.45, 2.75) is 6.17 Å². The third-order valence-electron chi connectivity index (χ3n) is 2.92. The number of carbonyl (C=O) groups excluding carboxylic acids is 1. The largest absolute Gasteiger partial charge is 0.376 e. The molecule has 3 rings (SSSR count). The van der Waals surface area contributed by atoms with Crippen molar-refractivity contribution >= 4 is 11.6 Å². The number of ether oxygens (including phenoxy) is 1. The van der Waals surface area contributed by atoms with Crippen molar-refractivity contribution in [3.8, 4) is 0 Å². The van der Waals surface area contributed by atoms with Crippen molar-refractivity contribution in [3.05, 3.63) is 29.6 Å². The zero-order valence-electron chi connectivity index (χ0n) is 8.57. The number of fused-ring (bicyclic) bond motifs is 2. The number of morpholine rings is 1. The molecule has 16 heavy (non-hydrogen) atoms. The van der Waals surface area contributed by atoms with Crippen molar-refractivity contribution in [2.75, 3.05) is 25.1 Å². The maximum absolute atomic E-state index is 13.1. The zero-order chi connectivity index (χ0) is 11.1.